The highest BCUT2D eigenvalue weighted by molar-refractivity contribution is 5.69. The molecule has 0 saturated carbocycles. The lowest BCUT2D eigenvalue weighted by Crippen LogP contribution is -2.12. The topological polar surface area (TPSA) is 15.3 Å². The minimum absolute atomic E-state index is 0.859. The molecule has 2 aromatic rings. The largest absolute Gasteiger partial charge is 0.379 e. The molecule has 0 fully saturated rings. The molecular formula is C17H22N2. The second kappa shape index (κ2) is 5.79. The third-order valence-corrected chi connectivity index (χ3v) is 3.36. The van der Waals surface area contributed by atoms with Crippen LogP contribution in [0.5, 0.6) is 0 Å². The number of anilines is 2. The summed E-state index contributed by atoms with van der Waals surface area (Å²) in [6.07, 6.45) is 0. The summed E-state index contributed by atoms with van der Waals surface area (Å²) >= 11 is 0. The zero-order chi connectivity index (χ0) is 13.8. The van der Waals surface area contributed by atoms with Gasteiger partial charge in [-0.3, -0.25) is 0 Å². The zero-order valence-corrected chi connectivity index (χ0v) is 12.2. The molecule has 2 nitrogen and oxygen atoms in total. The van der Waals surface area contributed by atoms with E-state index < -0.39 is 0 Å². The first kappa shape index (κ1) is 13.5. The van der Waals surface area contributed by atoms with Crippen LogP contribution >= 0.6 is 0 Å². The highest BCUT2D eigenvalue weighted by Crippen LogP contribution is 2.24. The molecule has 2 aromatic carbocycles. The monoisotopic (exact) mass is 254 g/mol. The average molecular weight is 254 g/mol. The molecule has 0 unspecified atom stereocenters. The van der Waals surface area contributed by atoms with Crippen LogP contribution in [0.1, 0.15) is 16.7 Å². The van der Waals surface area contributed by atoms with Gasteiger partial charge in [-0.25, -0.2) is 0 Å². The van der Waals surface area contributed by atoms with Crippen molar-refractivity contribution >= 4 is 11.4 Å². The molecule has 0 aliphatic heterocycles. The number of para-hydroxylation sites is 2. The Morgan fingerprint density at radius 2 is 1.74 bits per heavy atom. The number of benzene rings is 2. The molecule has 0 radical (unpaired) electrons. The Morgan fingerprint density at radius 1 is 1.00 bits per heavy atom. The predicted octanol–water partition coefficient (Wildman–Crippen LogP) is 3.98. The highest BCUT2D eigenvalue weighted by Gasteiger charge is 2.04. The molecule has 0 saturated heterocycles. The van der Waals surface area contributed by atoms with E-state index in [0.29, 0.717) is 0 Å². The summed E-state index contributed by atoms with van der Waals surface area (Å²) in [4.78, 5) is 2.13. The van der Waals surface area contributed by atoms with Crippen LogP contribution in [-0.4, -0.2) is 14.1 Å². The van der Waals surface area contributed by atoms with E-state index in [9.17, 15) is 0 Å². The van der Waals surface area contributed by atoms with Crippen molar-refractivity contribution < 1.29 is 0 Å². The lowest BCUT2D eigenvalue weighted by Gasteiger charge is -2.19. The van der Waals surface area contributed by atoms with Crippen LogP contribution in [0, 0.1) is 13.8 Å². The van der Waals surface area contributed by atoms with Gasteiger partial charge in [-0.2, -0.15) is 0 Å². The Labute approximate surface area is 116 Å². The number of hydrogen-bond donors (Lipinski definition) is 1. The molecule has 2 rings (SSSR count). The van der Waals surface area contributed by atoms with Crippen molar-refractivity contribution in [3.05, 3.63) is 59.2 Å². The standard InChI is InChI=1S/C17H22N2/c1-13-9-10-14(2)15(11-13)12-18-16-7-5-6-8-17(16)19(3)4/h5-11,18H,12H2,1-4H3. The molecule has 0 atom stereocenters. The summed E-state index contributed by atoms with van der Waals surface area (Å²) in [6.45, 7) is 5.16. The van der Waals surface area contributed by atoms with Crippen LogP contribution < -0.4 is 10.2 Å². The Morgan fingerprint density at radius 3 is 2.47 bits per heavy atom. The Bertz CT molecular complexity index is 559. The van der Waals surface area contributed by atoms with E-state index in [2.05, 4.69) is 80.6 Å². The molecule has 0 heterocycles. The summed E-state index contributed by atoms with van der Waals surface area (Å²) in [5.41, 5.74) is 6.39. The molecule has 1 N–H and O–H groups in total. The Balaban J connectivity index is 2.17. The summed E-state index contributed by atoms with van der Waals surface area (Å²) < 4.78 is 0. The second-order valence-electron chi connectivity index (χ2n) is 5.20. The molecule has 0 spiro atoms. The van der Waals surface area contributed by atoms with Crippen LogP contribution in [0.2, 0.25) is 0 Å². The molecule has 100 valence electrons. The van der Waals surface area contributed by atoms with Crippen LogP contribution in [-0.2, 0) is 6.54 Å². The van der Waals surface area contributed by atoms with Crippen LogP contribution in [0.4, 0.5) is 11.4 Å². The third-order valence-electron chi connectivity index (χ3n) is 3.36. The van der Waals surface area contributed by atoms with Crippen molar-refractivity contribution in [3.8, 4) is 0 Å². The first-order valence-electron chi connectivity index (χ1n) is 6.64. The molecule has 2 heteroatoms. The van der Waals surface area contributed by atoms with Crippen molar-refractivity contribution in [2.75, 3.05) is 24.3 Å². The fourth-order valence-corrected chi connectivity index (χ4v) is 2.19. The summed E-state index contributed by atoms with van der Waals surface area (Å²) in [7, 11) is 4.14. The molecule has 0 aliphatic rings. The fraction of sp³-hybridized carbons (Fsp3) is 0.294. The van der Waals surface area contributed by atoms with Gasteiger partial charge in [0, 0.05) is 20.6 Å². The minimum Gasteiger partial charge on any atom is -0.379 e. The van der Waals surface area contributed by atoms with Gasteiger partial charge >= 0.3 is 0 Å². The highest BCUT2D eigenvalue weighted by atomic mass is 15.1. The summed E-state index contributed by atoms with van der Waals surface area (Å²) in [6, 6.07) is 15.0. The van der Waals surface area contributed by atoms with Gasteiger partial charge in [-0.05, 0) is 37.1 Å². The number of aryl methyl sites for hydroxylation is 2. The lowest BCUT2D eigenvalue weighted by atomic mass is 10.1. The molecule has 0 aromatic heterocycles. The number of nitrogens with one attached hydrogen (secondary N) is 1. The first-order chi connectivity index (χ1) is 9.08. The van der Waals surface area contributed by atoms with E-state index in [-0.39, 0.29) is 0 Å². The van der Waals surface area contributed by atoms with Crippen molar-refractivity contribution in [2.45, 2.75) is 20.4 Å². The molecule has 19 heavy (non-hydrogen) atoms. The second-order valence-corrected chi connectivity index (χ2v) is 5.20. The van der Waals surface area contributed by atoms with Gasteiger partial charge in [0.2, 0.25) is 0 Å². The lowest BCUT2D eigenvalue weighted by molar-refractivity contribution is 1.08. The fourth-order valence-electron chi connectivity index (χ4n) is 2.19. The number of nitrogens with zero attached hydrogens (tertiary/aromatic N) is 1. The van der Waals surface area contributed by atoms with E-state index in [1.165, 1.54) is 28.1 Å². The van der Waals surface area contributed by atoms with Gasteiger partial charge in [-0.15, -0.1) is 0 Å². The molecule has 0 amide bonds. The summed E-state index contributed by atoms with van der Waals surface area (Å²) in [5.74, 6) is 0. The maximum Gasteiger partial charge on any atom is 0.0596 e. The van der Waals surface area contributed by atoms with Gasteiger partial charge in [0.05, 0.1) is 11.4 Å². The van der Waals surface area contributed by atoms with Gasteiger partial charge in [0.15, 0.2) is 0 Å². The van der Waals surface area contributed by atoms with Crippen molar-refractivity contribution in [2.24, 2.45) is 0 Å². The molecule has 0 bridgehead atoms. The Hall–Kier alpha value is -1.96. The smallest absolute Gasteiger partial charge is 0.0596 e. The van der Waals surface area contributed by atoms with Gasteiger partial charge < -0.3 is 10.2 Å². The zero-order valence-electron chi connectivity index (χ0n) is 12.2. The van der Waals surface area contributed by atoms with Gasteiger partial charge in [-0.1, -0.05) is 35.9 Å². The summed E-state index contributed by atoms with van der Waals surface area (Å²) in [5, 5.41) is 3.54. The molecule has 0 aliphatic carbocycles. The van der Waals surface area contributed by atoms with Crippen LogP contribution in [0.3, 0.4) is 0 Å². The molecular weight excluding hydrogens is 232 g/mol. The third kappa shape index (κ3) is 3.28. The quantitative estimate of drug-likeness (QED) is 0.887. The minimum atomic E-state index is 0.859. The maximum absolute atomic E-state index is 3.54. The van der Waals surface area contributed by atoms with Crippen molar-refractivity contribution in [1.29, 1.82) is 0 Å². The average Bonchev–Trinajstić information content (AvgIpc) is 2.40. The van der Waals surface area contributed by atoms with E-state index >= 15 is 0 Å². The maximum atomic E-state index is 3.54. The number of rotatable bonds is 4. The van der Waals surface area contributed by atoms with E-state index in [4.69, 9.17) is 0 Å². The van der Waals surface area contributed by atoms with E-state index in [0.717, 1.165) is 6.54 Å². The van der Waals surface area contributed by atoms with Crippen LogP contribution in [0.25, 0.3) is 0 Å². The SMILES string of the molecule is Cc1ccc(C)c(CNc2ccccc2N(C)C)c1. The van der Waals surface area contributed by atoms with E-state index in [1.807, 2.05) is 0 Å². The van der Waals surface area contributed by atoms with Crippen LogP contribution in [0.15, 0.2) is 42.5 Å². The van der Waals surface area contributed by atoms with Gasteiger partial charge in [0.25, 0.3) is 0 Å². The normalized spacial score (nSPS) is 10.3. The number of hydrogen-bond acceptors (Lipinski definition) is 2. The Kier molecular flexibility index (Phi) is 4.10. The first-order valence-corrected chi connectivity index (χ1v) is 6.64. The van der Waals surface area contributed by atoms with Crippen molar-refractivity contribution in [1.82, 2.24) is 0 Å². The van der Waals surface area contributed by atoms with Gasteiger partial charge in [0.1, 0.15) is 0 Å². The van der Waals surface area contributed by atoms with E-state index in [1.54, 1.807) is 0 Å². The predicted molar refractivity (Wildman–Crippen MR) is 84.0 cm³/mol. The van der Waals surface area contributed by atoms with Crippen molar-refractivity contribution in [3.63, 3.8) is 0 Å².